The van der Waals surface area contributed by atoms with E-state index in [0.717, 1.165) is 23.3 Å². The lowest BCUT2D eigenvalue weighted by molar-refractivity contribution is 0.0737. The SMILES string of the molecule is Cc1ccc(S(=O)(=O)Nc2ccc(F)cc2)cc1C(=O)N1CCC[C@H]1c1cccs1. The number of rotatable bonds is 5. The fourth-order valence-corrected chi connectivity index (χ4v) is 5.63. The van der Waals surface area contributed by atoms with Crippen molar-refractivity contribution >= 4 is 33.0 Å². The highest BCUT2D eigenvalue weighted by Crippen LogP contribution is 2.36. The van der Waals surface area contributed by atoms with Crippen LogP contribution in [0, 0.1) is 12.7 Å². The molecule has 2 heterocycles. The Hall–Kier alpha value is -2.71. The van der Waals surface area contributed by atoms with Crippen molar-refractivity contribution < 1.29 is 17.6 Å². The second-order valence-electron chi connectivity index (χ2n) is 7.26. The van der Waals surface area contributed by atoms with Crippen LogP contribution in [0.15, 0.2) is 64.9 Å². The Labute approximate surface area is 179 Å². The summed E-state index contributed by atoms with van der Waals surface area (Å²) in [5.41, 5.74) is 1.35. The van der Waals surface area contributed by atoms with Crippen LogP contribution < -0.4 is 4.72 Å². The fourth-order valence-electron chi connectivity index (χ4n) is 3.67. The Morgan fingerprint density at radius 2 is 1.93 bits per heavy atom. The molecule has 3 aromatic rings. The number of sulfonamides is 1. The number of nitrogens with zero attached hydrogens (tertiary/aromatic N) is 1. The van der Waals surface area contributed by atoms with Crippen molar-refractivity contribution in [2.24, 2.45) is 0 Å². The van der Waals surface area contributed by atoms with Crippen molar-refractivity contribution in [2.75, 3.05) is 11.3 Å². The molecule has 0 radical (unpaired) electrons. The van der Waals surface area contributed by atoms with Gasteiger partial charge in [-0.2, -0.15) is 0 Å². The molecule has 0 aliphatic carbocycles. The molecule has 0 saturated carbocycles. The second-order valence-corrected chi connectivity index (χ2v) is 9.92. The quantitative estimate of drug-likeness (QED) is 0.604. The van der Waals surface area contributed by atoms with Crippen molar-refractivity contribution in [3.05, 3.63) is 81.8 Å². The summed E-state index contributed by atoms with van der Waals surface area (Å²) in [4.78, 5) is 16.3. The van der Waals surface area contributed by atoms with E-state index in [1.165, 1.54) is 36.4 Å². The number of benzene rings is 2. The minimum absolute atomic E-state index is 0.00681. The monoisotopic (exact) mass is 444 g/mol. The largest absolute Gasteiger partial charge is 0.331 e. The van der Waals surface area contributed by atoms with E-state index in [-0.39, 0.29) is 22.5 Å². The van der Waals surface area contributed by atoms with Crippen LogP contribution in [0.2, 0.25) is 0 Å². The summed E-state index contributed by atoms with van der Waals surface area (Å²) in [6, 6.07) is 13.6. The molecule has 1 atom stereocenters. The smallest absolute Gasteiger partial charge is 0.261 e. The fraction of sp³-hybridized carbons (Fsp3) is 0.227. The molecule has 8 heteroatoms. The summed E-state index contributed by atoms with van der Waals surface area (Å²) in [6.45, 7) is 2.44. The lowest BCUT2D eigenvalue weighted by atomic mass is 10.1. The van der Waals surface area contributed by atoms with Crippen LogP contribution in [-0.2, 0) is 10.0 Å². The average Bonchev–Trinajstić information content (AvgIpc) is 3.40. The molecule has 4 rings (SSSR count). The van der Waals surface area contributed by atoms with Crippen LogP contribution >= 0.6 is 11.3 Å². The predicted octanol–water partition coefficient (Wildman–Crippen LogP) is 4.97. The van der Waals surface area contributed by atoms with E-state index in [0.29, 0.717) is 12.1 Å². The van der Waals surface area contributed by atoms with E-state index >= 15 is 0 Å². The van der Waals surface area contributed by atoms with E-state index in [4.69, 9.17) is 0 Å². The lowest BCUT2D eigenvalue weighted by Crippen LogP contribution is -2.31. The van der Waals surface area contributed by atoms with Gasteiger partial charge in [-0.1, -0.05) is 12.1 Å². The van der Waals surface area contributed by atoms with Crippen molar-refractivity contribution in [2.45, 2.75) is 30.7 Å². The Kier molecular flexibility index (Phi) is 5.62. The number of thiophene rings is 1. The third-order valence-electron chi connectivity index (χ3n) is 5.23. The Morgan fingerprint density at radius 3 is 2.63 bits per heavy atom. The zero-order valence-electron chi connectivity index (χ0n) is 16.3. The first-order valence-corrected chi connectivity index (χ1v) is 11.9. The first kappa shape index (κ1) is 20.6. The standard InChI is InChI=1S/C22H21FN2O3S2/c1-15-6-11-18(30(27,28)24-17-9-7-16(23)8-10-17)14-19(15)22(26)25-12-2-4-20(25)21-5-3-13-29-21/h3,5-11,13-14,20,24H,2,4,12H2,1H3/t20-/m0/s1. The topological polar surface area (TPSA) is 66.5 Å². The molecule has 1 N–H and O–H groups in total. The van der Waals surface area contributed by atoms with E-state index < -0.39 is 15.8 Å². The molecular weight excluding hydrogens is 423 g/mol. The summed E-state index contributed by atoms with van der Waals surface area (Å²) in [5.74, 6) is -0.616. The number of carbonyl (C=O) groups is 1. The maximum absolute atomic E-state index is 13.3. The van der Waals surface area contributed by atoms with Gasteiger partial charge in [-0.05, 0) is 73.2 Å². The highest BCUT2D eigenvalue weighted by Gasteiger charge is 2.32. The molecular formula is C22H21FN2O3S2. The van der Waals surface area contributed by atoms with Crippen molar-refractivity contribution in [3.8, 4) is 0 Å². The van der Waals surface area contributed by atoms with Crippen LogP contribution in [0.25, 0.3) is 0 Å². The molecule has 1 fully saturated rings. The number of aryl methyl sites for hydroxylation is 1. The lowest BCUT2D eigenvalue weighted by Gasteiger charge is -2.25. The van der Waals surface area contributed by atoms with E-state index in [1.54, 1.807) is 24.3 Å². The highest BCUT2D eigenvalue weighted by atomic mass is 32.2. The van der Waals surface area contributed by atoms with Crippen LogP contribution in [0.3, 0.4) is 0 Å². The summed E-state index contributed by atoms with van der Waals surface area (Å²) in [5, 5.41) is 2.00. The number of hydrogen-bond donors (Lipinski definition) is 1. The molecule has 1 aromatic heterocycles. The highest BCUT2D eigenvalue weighted by molar-refractivity contribution is 7.92. The van der Waals surface area contributed by atoms with Gasteiger partial charge < -0.3 is 4.90 Å². The molecule has 0 spiro atoms. The summed E-state index contributed by atoms with van der Waals surface area (Å²) >= 11 is 1.62. The first-order valence-electron chi connectivity index (χ1n) is 9.58. The minimum Gasteiger partial charge on any atom is -0.331 e. The minimum atomic E-state index is -3.92. The molecule has 5 nitrogen and oxygen atoms in total. The number of anilines is 1. The zero-order chi connectivity index (χ0) is 21.3. The van der Waals surface area contributed by atoms with Gasteiger partial charge in [-0.25, -0.2) is 12.8 Å². The van der Waals surface area contributed by atoms with Crippen molar-refractivity contribution in [1.29, 1.82) is 0 Å². The summed E-state index contributed by atoms with van der Waals surface area (Å²) in [7, 11) is -3.92. The molecule has 1 aliphatic heterocycles. The third kappa shape index (κ3) is 4.11. The molecule has 1 saturated heterocycles. The van der Waals surface area contributed by atoms with Gasteiger partial charge in [0.05, 0.1) is 10.9 Å². The zero-order valence-corrected chi connectivity index (χ0v) is 18.0. The maximum Gasteiger partial charge on any atom is 0.261 e. The van der Waals surface area contributed by atoms with E-state index in [9.17, 15) is 17.6 Å². The van der Waals surface area contributed by atoms with Gasteiger partial charge >= 0.3 is 0 Å². The Bertz CT molecular complexity index is 1160. The van der Waals surface area contributed by atoms with E-state index in [1.807, 2.05) is 22.4 Å². The predicted molar refractivity (Wildman–Crippen MR) is 116 cm³/mol. The van der Waals surface area contributed by atoms with Crippen LogP contribution in [-0.4, -0.2) is 25.8 Å². The van der Waals surface area contributed by atoms with Crippen LogP contribution in [0.1, 0.15) is 39.7 Å². The molecule has 0 unspecified atom stereocenters. The van der Waals surface area contributed by atoms with Gasteiger partial charge in [0.25, 0.3) is 15.9 Å². The van der Waals surface area contributed by atoms with Crippen molar-refractivity contribution in [3.63, 3.8) is 0 Å². The Balaban J connectivity index is 1.63. The number of likely N-dealkylation sites (tertiary alicyclic amines) is 1. The number of carbonyl (C=O) groups excluding carboxylic acids is 1. The van der Waals surface area contributed by atoms with Gasteiger partial charge in [0.1, 0.15) is 5.82 Å². The van der Waals surface area contributed by atoms with Crippen LogP contribution in [0.5, 0.6) is 0 Å². The van der Waals surface area contributed by atoms with Crippen LogP contribution in [0.4, 0.5) is 10.1 Å². The van der Waals surface area contributed by atoms with E-state index in [2.05, 4.69) is 4.72 Å². The van der Waals surface area contributed by atoms with Gasteiger partial charge in [0.2, 0.25) is 0 Å². The second kappa shape index (κ2) is 8.20. The maximum atomic E-state index is 13.3. The number of amides is 1. The van der Waals surface area contributed by atoms with Gasteiger partial charge in [0, 0.05) is 22.7 Å². The molecule has 1 amide bonds. The van der Waals surface area contributed by atoms with Gasteiger partial charge in [0.15, 0.2) is 0 Å². The van der Waals surface area contributed by atoms with Gasteiger partial charge in [-0.3, -0.25) is 9.52 Å². The normalized spacial score (nSPS) is 16.6. The molecule has 2 aromatic carbocycles. The molecule has 30 heavy (non-hydrogen) atoms. The Morgan fingerprint density at radius 1 is 1.17 bits per heavy atom. The number of halogens is 1. The van der Waals surface area contributed by atoms with Gasteiger partial charge in [-0.15, -0.1) is 11.3 Å². The third-order valence-corrected chi connectivity index (χ3v) is 7.58. The molecule has 156 valence electrons. The first-order chi connectivity index (χ1) is 14.3. The molecule has 1 aliphatic rings. The number of hydrogen-bond acceptors (Lipinski definition) is 4. The summed E-state index contributed by atoms with van der Waals surface area (Å²) < 4.78 is 41.2. The number of nitrogens with one attached hydrogen (secondary N) is 1. The summed E-state index contributed by atoms with van der Waals surface area (Å²) in [6.07, 6.45) is 1.81. The van der Waals surface area contributed by atoms with Crippen molar-refractivity contribution in [1.82, 2.24) is 4.90 Å². The average molecular weight is 445 g/mol. The molecule has 0 bridgehead atoms.